The summed E-state index contributed by atoms with van der Waals surface area (Å²) in [5, 5.41) is 0. The lowest BCUT2D eigenvalue weighted by Gasteiger charge is -2.22. The Morgan fingerprint density at radius 3 is 2.47 bits per heavy atom. The van der Waals surface area contributed by atoms with E-state index in [9.17, 15) is 4.79 Å². The van der Waals surface area contributed by atoms with Gasteiger partial charge in [-0.2, -0.15) is 0 Å². The van der Waals surface area contributed by atoms with E-state index in [2.05, 4.69) is 36.9 Å². The second kappa shape index (κ2) is 9.35. The van der Waals surface area contributed by atoms with Crippen molar-refractivity contribution in [2.75, 3.05) is 43.0 Å². The molecule has 1 amide bonds. The topological polar surface area (TPSA) is 65.5 Å². The van der Waals surface area contributed by atoms with Crippen molar-refractivity contribution in [3.63, 3.8) is 0 Å². The number of nitrogens with zero attached hydrogens (tertiary/aromatic N) is 6. The predicted molar refractivity (Wildman–Crippen MR) is 118 cm³/mol. The van der Waals surface area contributed by atoms with Gasteiger partial charge in [-0.05, 0) is 30.2 Å². The Balaban J connectivity index is 1.37. The maximum Gasteiger partial charge on any atom is 0.255 e. The zero-order valence-corrected chi connectivity index (χ0v) is 17.2. The van der Waals surface area contributed by atoms with E-state index in [0.717, 1.165) is 44.4 Å². The smallest absolute Gasteiger partial charge is 0.255 e. The molecular weight excluding hydrogens is 376 g/mol. The van der Waals surface area contributed by atoms with Gasteiger partial charge in [-0.25, -0.2) is 15.0 Å². The van der Waals surface area contributed by atoms with Crippen LogP contribution < -0.4 is 9.80 Å². The Bertz CT molecular complexity index is 948. The molecule has 1 aliphatic rings. The van der Waals surface area contributed by atoms with Gasteiger partial charge in [-0.15, -0.1) is 0 Å². The average Bonchev–Trinajstić information content (AvgIpc) is 3.06. The molecule has 7 nitrogen and oxygen atoms in total. The van der Waals surface area contributed by atoms with Crippen molar-refractivity contribution in [1.82, 2.24) is 19.9 Å². The molecule has 0 aliphatic carbocycles. The molecule has 0 N–H and O–H groups in total. The van der Waals surface area contributed by atoms with Gasteiger partial charge in [0.1, 0.15) is 5.82 Å². The molecule has 0 unspecified atom stereocenters. The number of hydrogen-bond donors (Lipinski definition) is 0. The average molecular weight is 403 g/mol. The van der Waals surface area contributed by atoms with Crippen molar-refractivity contribution >= 4 is 17.7 Å². The Morgan fingerprint density at radius 2 is 1.73 bits per heavy atom. The first-order valence-corrected chi connectivity index (χ1v) is 10.2. The van der Waals surface area contributed by atoms with Crippen LogP contribution in [-0.2, 0) is 6.54 Å². The molecule has 1 aromatic carbocycles. The first-order valence-electron chi connectivity index (χ1n) is 10.2. The minimum absolute atomic E-state index is 0.0237. The zero-order valence-electron chi connectivity index (χ0n) is 17.2. The molecule has 2 aromatic heterocycles. The second-order valence-electron chi connectivity index (χ2n) is 7.43. The van der Waals surface area contributed by atoms with Crippen molar-refractivity contribution in [2.45, 2.75) is 13.0 Å². The summed E-state index contributed by atoms with van der Waals surface area (Å²) < 4.78 is 0. The second-order valence-corrected chi connectivity index (χ2v) is 7.43. The fraction of sp³-hybridized carbons (Fsp3) is 0.304. The Hall–Kier alpha value is -3.48. The van der Waals surface area contributed by atoms with E-state index in [0.29, 0.717) is 12.1 Å². The first kappa shape index (κ1) is 19.8. The molecule has 4 rings (SSSR count). The van der Waals surface area contributed by atoms with Crippen LogP contribution in [0.1, 0.15) is 22.3 Å². The number of pyridine rings is 1. The summed E-state index contributed by atoms with van der Waals surface area (Å²) in [6.07, 6.45) is 6.06. The number of aromatic nitrogens is 3. The summed E-state index contributed by atoms with van der Waals surface area (Å²) in [4.78, 5) is 32.3. The van der Waals surface area contributed by atoms with Crippen molar-refractivity contribution in [2.24, 2.45) is 0 Å². The Labute approximate surface area is 177 Å². The van der Waals surface area contributed by atoms with Crippen LogP contribution in [-0.4, -0.2) is 59.0 Å². The predicted octanol–water partition coefficient (Wildman–Crippen LogP) is 2.86. The highest BCUT2D eigenvalue weighted by atomic mass is 16.2. The van der Waals surface area contributed by atoms with Crippen LogP contribution in [0.25, 0.3) is 0 Å². The van der Waals surface area contributed by atoms with Crippen LogP contribution in [0.2, 0.25) is 0 Å². The fourth-order valence-electron chi connectivity index (χ4n) is 3.63. The summed E-state index contributed by atoms with van der Waals surface area (Å²) in [5.74, 6) is 1.59. The van der Waals surface area contributed by atoms with E-state index in [-0.39, 0.29) is 5.91 Å². The van der Waals surface area contributed by atoms with E-state index < -0.39 is 0 Å². The first-order chi connectivity index (χ1) is 14.7. The van der Waals surface area contributed by atoms with Gasteiger partial charge in [0.25, 0.3) is 5.91 Å². The minimum Gasteiger partial charge on any atom is -0.355 e. The van der Waals surface area contributed by atoms with Gasteiger partial charge in [0.2, 0.25) is 5.95 Å². The molecule has 0 radical (unpaired) electrons. The van der Waals surface area contributed by atoms with Gasteiger partial charge in [0.05, 0.1) is 5.56 Å². The standard InChI is InChI=1S/C23H26N6O/c1-27(18-19-7-3-2-4-8-19)21-10-9-20(17-26-21)22(30)28-13-6-14-29(16-15-28)23-24-11-5-12-25-23/h2-5,7-12,17H,6,13-16,18H2,1H3. The van der Waals surface area contributed by atoms with Crippen LogP contribution in [0.4, 0.5) is 11.8 Å². The summed E-state index contributed by atoms with van der Waals surface area (Å²) >= 11 is 0. The number of amides is 1. The zero-order chi connectivity index (χ0) is 20.8. The molecule has 154 valence electrons. The van der Waals surface area contributed by atoms with E-state index in [1.807, 2.05) is 48.3 Å². The maximum atomic E-state index is 13.0. The van der Waals surface area contributed by atoms with Crippen LogP contribution in [0.5, 0.6) is 0 Å². The molecule has 0 saturated carbocycles. The van der Waals surface area contributed by atoms with E-state index in [1.165, 1.54) is 5.56 Å². The van der Waals surface area contributed by atoms with Gasteiger partial charge >= 0.3 is 0 Å². The van der Waals surface area contributed by atoms with Crippen molar-refractivity contribution < 1.29 is 4.79 Å². The molecule has 1 fully saturated rings. The highest BCUT2D eigenvalue weighted by Gasteiger charge is 2.21. The lowest BCUT2D eigenvalue weighted by molar-refractivity contribution is 0.0766. The van der Waals surface area contributed by atoms with Gasteiger partial charge < -0.3 is 14.7 Å². The molecule has 30 heavy (non-hydrogen) atoms. The monoisotopic (exact) mass is 402 g/mol. The van der Waals surface area contributed by atoms with Crippen LogP contribution in [0, 0.1) is 0 Å². The minimum atomic E-state index is 0.0237. The van der Waals surface area contributed by atoms with Gasteiger partial charge in [0.15, 0.2) is 0 Å². The molecule has 0 atom stereocenters. The molecule has 0 bridgehead atoms. The molecule has 1 aliphatic heterocycles. The van der Waals surface area contributed by atoms with Crippen molar-refractivity contribution in [3.05, 3.63) is 78.2 Å². The molecule has 7 heteroatoms. The SMILES string of the molecule is CN(Cc1ccccc1)c1ccc(C(=O)N2CCCN(c3ncccn3)CC2)cn1. The van der Waals surface area contributed by atoms with Crippen LogP contribution in [0.3, 0.4) is 0 Å². The quantitative estimate of drug-likeness (QED) is 0.654. The summed E-state index contributed by atoms with van der Waals surface area (Å²) in [7, 11) is 2.01. The number of benzene rings is 1. The van der Waals surface area contributed by atoms with Gasteiger partial charge in [0, 0.05) is 58.4 Å². The van der Waals surface area contributed by atoms with E-state index in [4.69, 9.17) is 0 Å². The Kier molecular flexibility index (Phi) is 6.17. The summed E-state index contributed by atoms with van der Waals surface area (Å²) in [6, 6.07) is 15.9. The van der Waals surface area contributed by atoms with Crippen molar-refractivity contribution in [1.29, 1.82) is 0 Å². The highest BCUT2D eigenvalue weighted by molar-refractivity contribution is 5.94. The highest BCUT2D eigenvalue weighted by Crippen LogP contribution is 2.16. The summed E-state index contributed by atoms with van der Waals surface area (Å²) in [5.41, 5.74) is 1.84. The third-order valence-corrected chi connectivity index (χ3v) is 5.27. The lowest BCUT2D eigenvalue weighted by Crippen LogP contribution is -2.35. The third-order valence-electron chi connectivity index (χ3n) is 5.27. The van der Waals surface area contributed by atoms with Crippen molar-refractivity contribution in [3.8, 4) is 0 Å². The lowest BCUT2D eigenvalue weighted by atomic mass is 10.2. The van der Waals surface area contributed by atoms with Crippen LogP contribution in [0.15, 0.2) is 67.1 Å². The Morgan fingerprint density at radius 1 is 0.933 bits per heavy atom. The molecule has 3 heterocycles. The molecule has 3 aromatic rings. The van der Waals surface area contributed by atoms with Gasteiger partial charge in [-0.1, -0.05) is 30.3 Å². The van der Waals surface area contributed by atoms with Crippen LogP contribution >= 0.6 is 0 Å². The maximum absolute atomic E-state index is 13.0. The fourth-order valence-corrected chi connectivity index (χ4v) is 3.63. The number of anilines is 2. The molecule has 1 saturated heterocycles. The van der Waals surface area contributed by atoms with E-state index >= 15 is 0 Å². The molecular formula is C23H26N6O. The molecule has 0 spiro atoms. The normalized spacial score (nSPS) is 14.3. The van der Waals surface area contributed by atoms with E-state index in [1.54, 1.807) is 18.6 Å². The number of carbonyl (C=O) groups excluding carboxylic acids is 1. The number of carbonyl (C=O) groups is 1. The third kappa shape index (κ3) is 4.74. The summed E-state index contributed by atoms with van der Waals surface area (Å²) in [6.45, 7) is 3.70. The van der Waals surface area contributed by atoms with Gasteiger partial charge in [-0.3, -0.25) is 4.79 Å². The number of hydrogen-bond acceptors (Lipinski definition) is 6. The largest absolute Gasteiger partial charge is 0.355 e. The number of rotatable bonds is 5.